The first-order chi connectivity index (χ1) is 12.2. The van der Waals surface area contributed by atoms with Crippen LogP contribution >= 0.6 is 0 Å². The van der Waals surface area contributed by atoms with Crippen LogP contribution in [0.4, 0.5) is 5.69 Å². The van der Waals surface area contributed by atoms with Crippen LogP contribution in [0.25, 0.3) is 0 Å². The molecule has 1 heterocycles. The number of hydrogen-bond donors (Lipinski definition) is 1. The Morgan fingerprint density at radius 2 is 2.00 bits per heavy atom. The summed E-state index contributed by atoms with van der Waals surface area (Å²) in [7, 11) is 1.99. The van der Waals surface area contributed by atoms with E-state index in [0.29, 0.717) is 17.4 Å². The van der Waals surface area contributed by atoms with Gasteiger partial charge in [0.25, 0.3) is 10.0 Å². The van der Waals surface area contributed by atoms with Gasteiger partial charge in [0.05, 0.1) is 12.8 Å². The van der Waals surface area contributed by atoms with Gasteiger partial charge in [0.1, 0.15) is 11.4 Å². The fourth-order valence-electron chi connectivity index (χ4n) is 3.61. The molecule has 0 amide bonds. The van der Waals surface area contributed by atoms with Crippen LogP contribution in [0.1, 0.15) is 29.0 Å². The highest BCUT2D eigenvalue weighted by Gasteiger charge is 2.29. The van der Waals surface area contributed by atoms with Crippen LogP contribution in [0.15, 0.2) is 21.6 Å². The predicted molar refractivity (Wildman–Crippen MR) is 99.3 cm³/mol. The predicted octanol–water partition coefficient (Wildman–Crippen LogP) is 2.52. The molecule has 1 atom stereocenters. The lowest BCUT2D eigenvalue weighted by Gasteiger charge is -2.32. The van der Waals surface area contributed by atoms with Gasteiger partial charge in [-0.15, -0.1) is 0 Å². The Morgan fingerprint density at radius 1 is 1.27 bits per heavy atom. The van der Waals surface area contributed by atoms with Gasteiger partial charge in [-0.3, -0.25) is 4.72 Å². The van der Waals surface area contributed by atoms with Crippen LogP contribution in [0, 0.1) is 13.8 Å². The summed E-state index contributed by atoms with van der Waals surface area (Å²) >= 11 is 0. The molecule has 1 aliphatic carbocycles. The molecule has 0 fully saturated rings. The number of nitrogens with zero attached hydrogens (tertiary/aromatic N) is 2. The summed E-state index contributed by atoms with van der Waals surface area (Å²) in [5, 5.41) is 3.75. The number of aromatic nitrogens is 1. The van der Waals surface area contributed by atoms with Crippen LogP contribution in [0.5, 0.6) is 5.75 Å². The molecule has 0 bridgehead atoms. The number of likely N-dealkylation sites (N-methyl/N-ethyl adjacent to an activating group) is 1. The molecule has 1 aromatic heterocycles. The SMILES string of the molecule is COc1ccc(NS(=O)(=O)c2c(C)noc2C)c2c1C[C@@H](N(C)C)CC2. The third kappa shape index (κ3) is 3.31. The maximum absolute atomic E-state index is 12.9. The lowest BCUT2D eigenvalue weighted by Crippen LogP contribution is -2.34. The lowest BCUT2D eigenvalue weighted by molar-refractivity contribution is 0.265. The fourth-order valence-corrected chi connectivity index (χ4v) is 5.04. The smallest absolute Gasteiger partial charge is 0.267 e. The third-order valence-corrected chi connectivity index (χ3v) is 6.60. The van der Waals surface area contributed by atoms with Crippen molar-refractivity contribution in [3.63, 3.8) is 0 Å². The maximum Gasteiger partial charge on any atom is 0.267 e. The van der Waals surface area contributed by atoms with E-state index in [1.54, 1.807) is 27.0 Å². The second kappa shape index (κ2) is 6.92. The molecule has 26 heavy (non-hydrogen) atoms. The Hall–Kier alpha value is -2.06. The summed E-state index contributed by atoms with van der Waals surface area (Å²) in [6, 6.07) is 4.00. The second-order valence-electron chi connectivity index (χ2n) is 6.89. The first kappa shape index (κ1) is 18.7. The number of anilines is 1. The first-order valence-electron chi connectivity index (χ1n) is 8.55. The number of ether oxygens (including phenoxy) is 1. The zero-order valence-electron chi connectivity index (χ0n) is 15.8. The van der Waals surface area contributed by atoms with Crippen LogP contribution in [-0.4, -0.2) is 45.7 Å². The molecule has 1 N–H and O–H groups in total. The van der Waals surface area contributed by atoms with Crippen molar-refractivity contribution in [3.05, 3.63) is 34.7 Å². The minimum Gasteiger partial charge on any atom is -0.496 e. The van der Waals surface area contributed by atoms with Gasteiger partial charge < -0.3 is 14.2 Å². The van der Waals surface area contributed by atoms with Gasteiger partial charge in [0.15, 0.2) is 10.7 Å². The number of methoxy groups -OCH3 is 1. The number of fused-ring (bicyclic) bond motifs is 1. The summed E-state index contributed by atoms with van der Waals surface area (Å²) in [4.78, 5) is 2.30. The summed E-state index contributed by atoms with van der Waals surface area (Å²) < 4.78 is 39.0. The van der Waals surface area contributed by atoms with Gasteiger partial charge in [0.2, 0.25) is 0 Å². The van der Waals surface area contributed by atoms with E-state index in [9.17, 15) is 8.42 Å². The fraction of sp³-hybridized carbons (Fsp3) is 0.500. The number of benzene rings is 1. The molecule has 1 aromatic carbocycles. The van der Waals surface area contributed by atoms with Crippen molar-refractivity contribution < 1.29 is 17.7 Å². The van der Waals surface area contributed by atoms with Crippen LogP contribution in [-0.2, 0) is 22.9 Å². The molecule has 1 aliphatic rings. The normalized spacial score (nSPS) is 17.2. The van der Waals surface area contributed by atoms with Crippen molar-refractivity contribution in [1.29, 1.82) is 0 Å². The van der Waals surface area contributed by atoms with Crippen molar-refractivity contribution in [2.24, 2.45) is 0 Å². The van der Waals surface area contributed by atoms with E-state index in [4.69, 9.17) is 9.26 Å². The standard InChI is InChI=1S/C18H25N3O4S/c1-11-18(12(2)25-19-11)26(22,23)20-16-8-9-17(24-5)15-10-13(21(3)4)6-7-14(15)16/h8-9,13,20H,6-7,10H2,1-5H3/t13-/m0/s1. The van der Waals surface area contributed by atoms with Crippen molar-refractivity contribution in [3.8, 4) is 5.75 Å². The zero-order chi connectivity index (χ0) is 19.1. The second-order valence-corrected chi connectivity index (χ2v) is 8.51. The van der Waals surface area contributed by atoms with E-state index in [0.717, 1.165) is 36.1 Å². The first-order valence-corrected chi connectivity index (χ1v) is 10.0. The Bertz CT molecular complexity index is 899. The number of aryl methyl sites for hydroxylation is 2. The Morgan fingerprint density at radius 3 is 2.58 bits per heavy atom. The molecule has 142 valence electrons. The van der Waals surface area contributed by atoms with E-state index in [2.05, 4.69) is 28.9 Å². The Balaban J connectivity index is 2.01. The van der Waals surface area contributed by atoms with E-state index in [-0.39, 0.29) is 10.7 Å². The summed E-state index contributed by atoms with van der Waals surface area (Å²) in [6.45, 7) is 3.22. The molecular formula is C18H25N3O4S. The van der Waals surface area contributed by atoms with Crippen molar-refractivity contribution >= 4 is 15.7 Å². The highest BCUT2D eigenvalue weighted by atomic mass is 32.2. The van der Waals surface area contributed by atoms with Gasteiger partial charge in [-0.05, 0) is 64.9 Å². The van der Waals surface area contributed by atoms with E-state index >= 15 is 0 Å². The summed E-state index contributed by atoms with van der Waals surface area (Å²) in [5.41, 5.74) is 3.01. The molecule has 0 saturated carbocycles. The quantitative estimate of drug-likeness (QED) is 0.859. The van der Waals surface area contributed by atoms with Crippen molar-refractivity contribution in [2.45, 2.75) is 44.0 Å². The number of sulfonamides is 1. The zero-order valence-corrected chi connectivity index (χ0v) is 16.6. The van der Waals surface area contributed by atoms with Crippen LogP contribution in [0.2, 0.25) is 0 Å². The average molecular weight is 379 g/mol. The van der Waals surface area contributed by atoms with Gasteiger partial charge in [-0.25, -0.2) is 8.42 Å². The molecule has 0 aliphatic heterocycles. The third-order valence-electron chi connectivity index (χ3n) is 4.99. The maximum atomic E-state index is 12.9. The molecule has 8 heteroatoms. The molecule has 7 nitrogen and oxygen atoms in total. The molecule has 0 saturated heterocycles. The van der Waals surface area contributed by atoms with Gasteiger partial charge in [-0.2, -0.15) is 0 Å². The molecule has 0 unspecified atom stereocenters. The Kier molecular flexibility index (Phi) is 4.98. The van der Waals surface area contributed by atoms with Crippen LogP contribution in [0.3, 0.4) is 0 Å². The van der Waals surface area contributed by atoms with Crippen molar-refractivity contribution in [2.75, 3.05) is 25.9 Å². The van der Waals surface area contributed by atoms with Gasteiger partial charge in [0, 0.05) is 11.6 Å². The van der Waals surface area contributed by atoms with Gasteiger partial charge in [-0.1, -0.05) is 5.16 Å². The van der Waals surface area contributed by atoms with Gasteiger partial charge >= 0.3 is 0 Å². The molecule has 3 rings (SSSR count). The highest BCUT2D eigenvalue weighted by molar-refractivity contribution is 7.92. The largest absolute Gasteiger partial charge is 0.496 e. The minimum atomic E-state index is -3.77. The number of nitrogens with one attached hydrogen (secondary N) is 1. The topological polar surface area (TPSA) is 84.7 Å². The number of hydrogen-bond acceptors (Lipinski definition) is 6. The molecule has 2 aromatic rings. The van der Waals surface area contributed by atoms with Crippen LogP contribution < -0.4 is 9.46 Å². The minimum absolute atomic E-state index is 0.101. The molecular weight excluding hydrogens is 354 g/mol. The lowest BCUT2D eigenvalue weighted by atomic mass is 9.86. The summed E-state index contributed by atoms with van der Waals surface area (Å²) in [6.07, 6.45) is 2.58. The van der Waals surface area contributed by atoms with E-state index < -0.39 is 10.0 Å². The molecule has 0 spiro atoms. The monoisotopic (exact) mass is 379 g/mol. The highest BCUT2D eigenvalue weighted by Crippen LogP contribution is 2.37. The average Bonchev–Trinajstić information content (AvgIpc) is 2.93. The van der Waals surface area contributed by atoms with E-state index in [1.807, 2.05) is 6.07 Å². The molecule has 0 radical (unpaired) electrons. The Labute approximate surface area is 154 Å². The van der Waals surface area contributed by atoms with Crippen molar-refractivity contribution in [1.82, 2.24) is 10.1 Å². The van der Waals surface area contributed by atoms with E-state index in [1.165, 1.54) is 0 Å². The summed E-state index contributed by atoms with van der Waals surface area (Å²) in [5.74, 6) is 1.08. The number of rotatable bonds is 5.